The second-order valence-electron chi connectivity index (χ2n) is 8.92. The Balaban J connectivity index is 1.67. The first kappa shape index (κ1) is 19.2. The molecule has 1 N–H and O–H groups in total. The highest BCUT2D eigenvalue weighted by atomic mass is 79.9. The number of hydrogen-bond acceptors (Lipinski definition) is 4. The van der Waals surface area contributed by atoms with E-state index in [1.54, 1.807) is 0 Å². The number of halogens is 1. The Kier molecular flexibility index (Phi) is 4.09. The summed E-state index contributed by atoms with van der Waals surface area (Å²) in [5.74, 6) is 2.23. The van der Waals surface area contributed by atoms with Gasteiger partial charge in [0.05, 0.1) is 21.5 Å². The van der Waals surface area contributed by atoms with E-state index >= 15 is 0 Å². The van der Waals surface area contributed by atoms with E-state index in [-0.39, 0.29) is 5.41 Å². The van der Waals surface area contributed by atoms with Crippen LogP contribution in [-0.2, 0) is 11.1 Å². The number of para-hydroxylation sites is 1. The van der Waals surface area contributed by atoms with Crippen LogP contribution in [0.2, 0.25) is 0 Å². The molecule has 6 heteroatoms. The minimum atomic E-state index is -0.865. The summed E-state index contributed by atoms with van der Waals surface area (Å²) in [7, 11) is 0. The molecule has 0 amide bonds. The molecule has 2 aliphatic heterocycles. The van der Waals surface area contributed by atoms with Crippen LogP contribution in [0.5, 0.6) is 11.6 Å². The summed E-state index contributed by atoms with van der Waals surface area (Å²) in [5, 5.41) is 8.42. The fourth-order valence-corrected chi connectivity index (χ4v) is 4.64. The Morgan fingerprint density at radius 3 is 2.53 bits per heavy atom. The van der Waals surface area contributed by atoms with Crippen LogP contribution in [0.25, 0.3) is 5.69 Å². The topological polar surface area (TPSA) is 48.3 Å². The van der Waals surface area contributed by atoms with Gasteiger partial charge in [0, 0.05) is 6.08 Å². The van der Waals surface area contributed by atoms with Crippen molar-refractivity contribution in [1.82, 2.24) is 9.78 Å². The lowest BCUT2D eigenvalue weighted by Crippen LogP contribution is -2.38. The van der Waals surface area contributed by atoms with Crippen molar-refractivity contribution in [3.8, 4) is 17.3 Å². The minimum Gasteiger partial charge on any atom is -0.456 e. The smallest absolute Gasteiger partial charge is 0.237 e. The van der Waals surface area contributed by atoms with E-state index in [1.807, 2.05) is 54.9 Å². The van der Waals surface area contributed by atoms with Crippen LogP contribution in [0, 0.1) is 6.92 Å². The maximum atomic E-state index is 6.59. The van der Waals surface area contributed by atoms with Crippen LogP contribution in [-0.4, -0.2) is 9.78 Å². The van der Waals surface area contributed by atoms with Crippen LogP contribution in [0.1, 0.15) is 44.5 Å². The molecule has 154 valence electrons. The Morgan fingerprint density at radius 1 is 1.10 bits per heavy atom. The van der Waals surface area contributed by atoms with E-state index in [0.29, 0.717) is 5.88 Å². The lowest BCUT2D eigenvalue weighted by Gasteiger charge is -2.31. The summed E-state index contributed by atoms with van der Waals surface area (Å²) in [4.78, 5) is 0. The van der Waals surface area contributed by atoms with Gasteiger partial charge in [0.1, 0.15) is 11.3 Å². The molecule has 0 aliphatic carbocycles. The van der Waals surface area contributed by atoms with E-state index in [0.717, 1.165) is 38.6 Å². The number of aryl methyl sites for hydroxylation is 1. The number of fused-ring (bicyclic) bond motifs is 3. The number of benzene rings is 2. The van der Waals surface area contributed by atoms with Gasteiger partial charge in [-0.3, -0.25) is 0 Å². The quantitative estimate of drug-likeness (QED) is 0.464. The molecular weight excluding hydrogens is 442 g/mol. The summed E-state index contributed by atoms with van der Waals surface area (Å²) >= 11 is 3.72. The van der Waals surface area contributed by atoms with Crippen molar-refractivity contribution in [3.63, 3.8) is 0 Å². The highest BCUT2D eigenvalue weighted by Crippen LogP contribution is 2.52. The molecule has 1 atom stereocenters. The van der Waals surface area contributed by atoms with Gasteiger partial charge in [-0.15, -0.1) is 0 Å². The molecule has 5 rings (SSSR count). The van der Waals surface area contributed by atoms with Crippen molar-refractivity contribution in [2.24, 2.45) is 0 Å². The number of nitrogens with one attached hydrogen (secondary N) is 1. The molecule has 3 aromatic rings. The zero-order valence-electron chi connectivity index (χ0n) is 17.7. The largest absolute Gasteiger partial charge is 0.456 e. The Labute approximate surface area is 184 Å². The number of nitrogens with zero attached hydrogens (tertiary/aromatic N) is 2. The number of allylic oxidation sites excluding steroid dienone is 1. The first-order valence-electron chi connectivity index (χ1n) is 10.0. The maximum Gasteiger partial charge on any atom is 0.237 e. The third kappa shape index (κ3) is 2.85. The average molecular weight is 466 g/mol. The van der Waals surface area contributed by atoms with Crippen molar-refractivity contribution in [3.05, 3.63) is 75.6 Å². The van der Waals surface area contributed by atoms with Crippen molar-refractivity contribution >= 4 is 21.6 Å². The molecule has 30 heavy (non-hydrogen) atoms. The molecule has 1 spiro atoms. The van der Waals surface area contributed by atoms with Gasteiger partial charge in [-0.1, -0.05) is 39.0 Å². The fraction of sp³-hybridized carbons (Fsp3) is 0.292. The zero-order valence-corrected chi connectivity index (χ0v) is 19.3. The molecule has 5 nitrogen and oxygen atoms in total. The lowest BCUT2D eigenvalue weighted by molar-refractivity contribution is 0.152. The summed E-state index contributed by atoms with van der Waals surface area (Å²) in [6, 6.07) is 14.3. The minimum absolute atomic E-state index is 0.0235. The first-order chi connectivity index (χ1) is 14.2. The second kappa shape index (κ2) is 6.38. The van der Waals surface area contributed by atoms with Crippen molar-refractivity contribution in [2.45, 2.75) is 45.8 Å². The SMILES string of the molecule is CC1=C[C@@]2(Nc3cc(C(C)(C)C)cc(Br)c3O2)c2c(C)nn(-c3ccccc3)c2O1. The van der Waals surface area contributed by atoms with Gasteiger partial charge < -0.3 is 14.8 Å². The number of rotatable bonds is 1. The van der Waals surface area contributed by atoms with Gasteiger partial charge in [0.15, 0.2) is 5.75 Å². The van der Waals surface area contributed by atoms with Gasteiger partial charge in [-0.25, -0.2) is 4.68 Å². The molecule has 0 saturated heterocycles. The first-order valence-corrected chi connectivity index (χ1v) is 10.8. The monoisotopic (exact) mass is 465 g/mol. The highest BCUT2D eigenvalue weighted by Gasteiger charge is 2.48. The van der Waals surface area contributed by atoms with E-state index in [4.69, 9.17) is 14.6 Å². The predicted molar refractivity (Wildman–Crippen MR) is 121 cm³/mol. The Morgan fingerprint density at radius 2 is 1.83 bits per heavy atom. The summed E-state index contributed by atoms with van der Waals surface area (Å²) in [5.41, 5.74) is 4.02. The van der Waals surface area contributed by atoms with Gasteiger partial charge in [-0.05, 0) is 65.0 Å². The van der Waals surface area contributed by atoms with Crippen LogP contribution < -0.4 is 14.8 Å². The summed E-state index contributed by atoms with van der Waals surface area (Å²) in [6.45, 7) is 10.5. The number of hydrogen-bond donors (Lipinski definition) is 1. The van der Waals surface area contributed by atoms with Crippen LogP contribution >= 0.6 is 15.9 Å². The van der Waals surface area contributed by atoms with Crippen LogP contribution in [0.3, 0.4) is 0 Å². The van der Waals surface area contributed by atoms with Gasteiger partial charge in [-0.2, -0.15) is 5.10 Å². The second-order valence-corrected chi connectivity index (χ2v) is 9.77. The molecule has 0 fully saturated rings. The third-order valence-corrected chi connectivity index (χ3v) is 6.14. The maximum absolute atomic E-state index is 6.59. The van der Waals surface area contributed by atoms with Crippen molar-refractivity contribution in [2.75, 3.05) is 5.32 Å². The summed E-state index contributed by atoms with van der Waals surface area (Å²) in [6.07, 6.45) is 1.99. The van der Waals surface area contributed by atoms with E-state index in [9.17, 15) is 0 Å². The zero-order chi connectivity index (χ0) is 21.3. The lowest BCUT2D eigenvalue weighted by atomic mass is 9.87. The molecule has 1 aromatic heterocycles. The van der Waals surface area contributed by atoms with Crippen LogP contribution in [0.4, 0.5) is 5.69 Å². The molecular formula is C24H24BrN3O2. The van der Waals surface area contributed by atoms with E-state index in [2.05, 4.69) is 54.2 Å². The number of aromatic nitrogens is 2. The molecule has 0 unspecified atom stereocenters. The average Bonchev–Trinajstić information content (AvgIpc) is 3.20. The van der Waals surface area contributed by atoms with Crippen molar-refractivity contribution in [1.29, 1.82) is 0 Å². The highest BCUT2D eigenvalue weighted by molar-refractivity contribution is 9.10. The van der Waals surface area contributed by atoms with Gasteiger partial charge >= 0.3 is 0 Å². The molecule has 2 aliphatic rings. The van der Waals surface area contributed by atoms with E-state index < -0.39 is 5.72 Å². The van der Waals surface area contributed by atoms with Crippen molar-refractivity contribution < 1.29 is 9.47 Å². The standard InChI is InChI=1S/C24H24BrN3O2/c1-14-13-24(26-19-12-16(23(3,4)5)11-18(25)21(19)30-24)20-15(2)27-28(22(20)29-14)17-9-7-6-8-10-17/h6-13,26H,1-5H3/t24-/m0/s1. The summed E-state index contributed by atoms with van der Waals surface area (Å²) < 4.78 is 15.5. The molecule has 0 radical (unpaired) electrons. The number of ether oxygens (including phenoxy) is 2. The molecule has 0 saturated carbocycles. The van der Waals surface area contributed by atoms with Gasteiger partial charge in [0.2, 0.25) is 11.6 Å². The Hall–Kier alpha value is -2.73. The normalized spacial score (nSPS) is 19.5. The molecule has 0 bridgehead atoms. The predicted octanol–water partition coefficient (Wildman–Crippen LogP) is 6.19. The fourth-order valence-electron chi connectivity index (χ4n) is 4.10. The number of anilines is 1. The molecule has 3 heterocycles. The van der Waals surface area contributed by atoms with Gasteiger partial charge in [0.25, 0.3) is 0 Å². The van der Waals surface area contributed by atoms with E-state index in [1.165, 1.54) is 5.56 Å². The van der Waals surface area contributed by atoms with Crippen LogP contribution in [0.15, 0.2) is 58.8 Å². The molecule has 2 aromatic carbocycles. The third-order valence-electron chi connectivity index (χ3n) is 5.55. The Bertz CT molecular complexity index is 1190.